The lowest BCUT2D eigenvalue weighted by molar-refractivity contribution is 0.669. The van der Waals surface area contributed by atoms with Gasteiger partial charge in [0.05, 0.1) is 22.4 Å². The molecule has 0 saturated carbocycles. The first kappa shape index (κ1) is 34.5. The zero-order valence-electron chi connectivity index (χ0n) is 33.6. The average molecular weight is 792 g/mol. The third-order valence-corrected chi connectivity index (χ3v) is 12.6. The summed E-state index contributed by atoms with van der Waals surface area (Å²) >= 11 is 0. The number of fused-ring (bicyclic) bond motifs is 17. The smallest absolute Gasteiger partial charge is 0.137 e. The first-order valence-electron chi connectivity index (χ1n) is 21.2. The molecule has 8 bridgehead atoms. The van der Waals surface area contributed by atoms with Gasteiger partial charge in [0, 0.05) is 61.4 Å². The Morgan fingerprint density at radius 1 is 0.290 bits per heavy atom. The lowest BCUT2D eigenvalue weighted by Gasteiger charge is -2.29. The molecule has 0 unspecified atom stereocenters. The van der Waals surface area contributed by atoms with Crippen LogP contribution in [-0.2, 0) is 0 Å². The molecule has 0 amide bonds. The number of furan rings is 1. The molecule has 0 N–H and O–H groups in total. The summed E-state index contributed by atoms with van der Waals surface area (Å²) in [6.45, 7) is 0. The topological polar surface area (TPSA) is 24.6 Å². The number of benzene rings is 10. The Morgan fingerprint density at radius 2 is 0.774 bits per heavy atom. The van der Waals surface area contributed by atoms with Crippen LogP contribution in [0.4, 0.5) is 34.1 Å². The van der Waals surface area contributed by atoms with Gasteiger partial charge in [-0.25, -0.2) is 0 Å². The SMILES string of the molecule is c1cc2cc(c1)N(c1ccc3c(c1)oc1ccccc13)c1cccc(c1)-c1cccc(c1)N(c1cccc3c4ccccc4n(-c4cccc5ccccc45)c13)c1cccc-2c1. The summed E-state index contributed by atoms with van der Waals surface area (Å²) in [6.07, 6.45) is 0. The maximum atomic E-state index is 6.43. The minimum absolute atomic E-state index is 0.866. The summed E-state index contributed by atoms with van der Waals surface area (Å²) in [4.78, 5) is 4.79. The number of anilines is 6. The highest BCUT2D eigenvalue weighted by molar-refractivity contribution is 6.15. The fraction of sp³-hybridized carbons (Fsp3) is 0. The van der Waals surface area contributed by atoms with E-state index in [1.165, 1.54) is 27.1 Å². The van der Waals surface area contributed by atoms with Gasteiger partial charge in [0.2, 0.25) is 0 Å². The summed E-state index contributed by atoms with van der Waals surface area (Å²) in [5.74, 6) is 0. The van der Waals surface area contributed by atoms with Gasteiger partial charge in [0.25, 0.3) is 0 Å². The van der Waals surface area contributed by atoms with Crippen LogP contribution in [0.25, 0.3) is 82.5 Å². The van der Waals surface area contributed by atoms with Crippen LogP contribution in [0.15, 0.2) is 229 Å². The van der Waals surface area contributed by atoms with E-state index in [-0.39, 0.29) is 0 Å². The van der Waals surface area contributed by atoms with Crippen LogP contribution >= 0.6 is 0 Å². The highest BCUT2D eigenvalue weighted by Crippen LogP contribution is 2.47. The molecule has 10 aromatic carbocycles. The lowest BCUT2D eigenvalue weighted by atomic mass is 10.00. The van der Waals surface area contributed by atoms with Crippen LogP contribution in [0.1, 0.15) is 0 Å². The Labute approximate surface area is 358 Å². The van der Waals surface area contributed by atoms with Crippen molar-refractivity contribution in [2.45, 2.75) is 0 Å². The molecule has 0 saturated heterocycles. The number of hydrogen-bond acceptors (Lipinski definition) is 3. The van der Waals surface area contributed by atoms with Crippen molar-refractivity contribution in [2.24, 2.45) is 0 Å². The van der Waals surface area contributed by atoms with Crippen molar-refractivity contribution >= 4 is 88.6 Å². The molecule has 1 aliphatic heterocycles. The van der Waals surface area contributed by atoms with E-state index in [0.29, 0.717) is 0 Å². The van der Waals surface area contributed by atoms with E-state index < -0.39 is 0 Å². The maximum Gasteiger partial charge on any atom is 0.137 e. The minimum atomic E-state index is 0.866. The molecule has 62 heavy (non-hydrogen) atoms. The number of rotatable bonds is 3. The first-order valence-corrected chi connectivity index (χ1v) is 21.2. The quantitative estimate of drug-likeness (QED) is 0.178. The van der Waals surface area contributed by atoms with Crippen LogP contribution in [0.2, 0.25) is 0 Å². The third-order valence-electron chi connectivity index (χ3n) is 12.6. The van der Waals surface area contributed by atoms with Gasteiger partial charge in [-0.1, -0.05) is 133 Å². The second kappa shape index (κ2) is 13.6. The standard InChI is InChI=1S/C58H37N3O/c1-2-23-48-38(13-1)14-11-28-53(48)61-54-27-5-3-24-49(54)52-26-12-29-55(58(52)61)60-45-21-9-17-41(35-45)39-15-7-19-43(33-39)59(44-20-8-16-40(34-44)42-18-10-22-46(60)36-42)47-31-32-51-50-25-4-6-30-56(50)62-57(51)37-47/h1-37H. The fourth-order valence-corrected chi connectivity index (χ4v) is 9.86. The molecule has 290 valence electrons. The molecule has 12 aromatic rings. The molecular weight excluding hydrogens is 755 g/mol. The van der Waals surface area contributed by atoms with Crippen molar-refractivity contribution in [1.82, 2.24) is 4.57 Å². The van der Waals surface area contributed by atoms with Crippen LogP contribution in [0.5, 0.6) is 0 Å². The molecule has 2 aromatic heterocycles. The van der Waals surface area contributed by atoms with Crippen molar-refractivity contribution in [3.63, 3.8) is 0 Å². The first-order chi connectivity index (χ1) is 30.7. The molecule has 3 heterocycles. The molecule has 1 aliphatic rings. The molecule has 0 fully saturated rings. The lowest BCUT2D eigenvalue weighted by Crippen LogP contribution is -2.12. The molecular formula is C58H37N3O. The highest BCUT2D eigenvalue weighted by atomic mass is 16.3. The number of aromatic nitrogens is 1. The van der Waals surface area contributed by atoms with Gasteiger partial charge in [-0.2, -0.15) is 0 Å². The maximum absolute atomic E-state index is 6.43. The summed E-state index contributed by atoms with van der Waals surface area (Å²) in [6, 6.07) is 81.5. The largest absolute Gasteiger partial charge is 0.456 e. The second-order valence-electron chi connectivity index (χ2n) is 16.2. The van der Waals surface area contributed by atoms with Crippen molar-refractivity contribution in [3.8, 4) is 27.9 Å². The Hall–Kier alpha value is -8.34. The minimum Gasteiger partial charge on any atom is -0.456 e. The van der Waals surface area contributed by atoms with Gasteiger partial charge in [-0.05, 0) is 113 Å². The van der Waals surface area contributed by atoms with Crippen LogP contribution < -0.4 is 9.80 Å². The van der Waals surface area contributed by atoms with Gasteiger partial charge in [-0.3, -0.25) is 0 Å². The Kier molecular flexibility index (Phi) is 7.57. The summed E-state index contributed by atoms with van der Waals surface area (Å²) in [5, 5.41) is 7.09. The van der Waals surface area contributed by atoms with Gasteiger partial charge in [0.1, 0.15) is 11.2 Å². The zero-order valence-corrected chi connectivity index (χ0v) is 33.6. The average Bonchev–Trinajstić information content (AvgIpc) is 3.88. The summed E-state index contributed by atoms with van der Waals surface area (Å²) in [7, 11) is 0. The zero-order chi connectivity index (χ0) is 40.7. The summed E-state index contributed by atoms with van der Waals surface area (Å²) in [5.41, 5.74) is 16.2. The van der Waals surface area contributed by atoms with Crippen molar-refractivity contribution in [1.29, 1.82) is 0 Å². The number of nitrogens with zero attached hydrogens (tertiary/aromatic N) is 3. The third kappa shape index (κ3) is 5.33. The van der Waals surface area contributed by atoms with E-state index in [1.54, 1.807) is 0 Å². The van der Waals surface area contributed by atoms with Crippen LogP contribution in [-0.4, -0.2) is 4.57 Å². The van der Waals surface area contributed by atoms with Gasteiger partial charge in [0.15, 0.2) is 0 Å². The molecule has 0 aliphatic carbocycles. The van der Waals surface area contributed by atoms with Gasteiger partial charge >= 0.3 is 0 Å². The Morgan fingerprint density at radius 3 is 1.47 bits per heavy atom. The molecule has 0 atom stereocenters. The van der Waals surface area contributed by atoms with Gasteiger partial charge in [-0.15, -0.1) is 0 Å². The van der Waals surface area contributed by atoms with E-state index in [2.05, 4.69) is 227 Å². The molecule has 0 radical (unpaired) electrons. The molecule has 4 nitrogen and oxygen atoms in total. The van der Waals surface area contributed by atoms with Crippen molar-refractivity contribution < 1.29 is 4.42 Å². The van der Waals surface area contributed by atoms with E-state index in [0.717, 1.165) is 89.5 Å². The normalized spacial score (nSPS) is 12.5. The highest BCUT2D eigenvalue weighted by Gasteiger charge is 2.24. The predicted octanol–water partition coefficient (Wildman–Crippen LogP) is 16.4. The van der Waals surface area contributed by atoms with Crippen LogP contribution in [0.3, 0.4) is 0 Å². The fourth-order valence-electron chi connectivity index (χ4n) is 9.86. The Bertz CT molecular complexity index is 3650. The second-order valence-corrected chi connectivity index (χ2v) is 16.2. The van der Waals surface area contributed by atoms with Crippen molar-refractivity contribution in [3.05, 3.63) is 224 Å². The Balaban J connectivity index is 1.06. The molecule has 13 rings (SSSR count). The van der Waals surface area contributed by atoms with E-state index in [4.69, 9.17) is 4.42 Å². The van der Waals surface area contributed by atoms with E-state index >= 15 is 0 Å². The van der Waals surface area contributed by atoms with E-state index in [9.17, 15) is 0 Å². The predicted molar refractivity (Wildman–Crippen MR) is 259 cm³/mol. The number of para-hydroxylation sites is 3. The van der Waals surface area contributed by atoms with Crippen molar-refractivity contribution in [2.75, 3.05) is 9.80 Å². The van der Waals surface area contributed by atoms with Crippen LogP contribution in [0, 0.1) is 0 Å². The van der Waals surface area contributed by atoms with E-state index in [1.807, 2.05) is 12.1 Å². The summed E-state index contributed by atoms with van der Waals surface area (Å²) < 4.78 is 8.91. The monoisotopic (exact) mass is 791 g/mol. The molecule has 4 heteroatoms. The number of hydrogen-bond donors (Lipinski definition) is 0. The molecule has 0 spiro atoms. The van der Waals surface area contributed by atoms with Gasteiger partial charge < -0.3 is 18.8 Å².